The van der Waals surface area contributed by atoms with E-state index < -0.39 is 0 Å². The van der Waals surface area contributed by atoms with Crippen LogP contribution in [-0.4, -0.2) is 12.6 Å². The van der Waals surface area contributed by atoms with E-state index in [2.05, 4.69) is 20.8 Å². The van der Waals surface area contributed by atoms with Gasteiger partial charge in [-0.15, -0.1) is 0 Å². The lowest BCUT2D eigenvalue weighted by molar-refractivity contribution is -0.111. The molecule has 1 atom stereocenters. The van der Waals surface area contributed by atoms with Crippen molar-refractivity contribution in [2.75, 3.05) is 0 Å². The number of carbonyl (C=O) groups excluding carboxylic acids is 2. The van der Waals surface area contributed by atoms with Gasteiger partial charge in [0.25, 0.3) is 0 Å². The fraction of sp³-hybridized carbons (Fsp3) is 0.750. The Labute approximate surface area is 113 Å². The van der Waals surface area contributed by atoms with Gasteiger partial charge in [-0.2, -0.15) is 0 Å². The summed E-state index contributed by atoms with van der Waals surface area (Å²) in [6.07, 6.45) is 11.5. The SMILES string of the molecule is CCCC=C(C=O)CC.CCCCC(C=O)CC. The van der Waals surface area contributed by atoms with Crippen molar-refractivity contribution in [1.82, 2.24) is 0 Å². The molecule has 0 radical (unpaired) electrons. The molecule has 0 spiro atoms. The molecule has 106 valence electrons. The Morgan fingerprint density at radius 1 is 1.06 bits per heavy atom. The monoisotopic (exact) mass is 254 g/mol. The third-order valence-corrected chi connectivity index (χ3v) is 2.90. The molecule has 0 aromatic carbocycles. The second-order valence-corrected chi connectivity index (χ2v) is 4.49. The van der Waals surface area contributed by atoms with Crippen LogP contribution in [0, 0.1) is 5.92 Å². The van der Waals surface area contributed by atoms with E-state index in [1.807, 2.05) is 13.0 Å². The number of allylic oxidation sites excluding steroid dienone is 2. The standard InChI is InChI=1S/C8H16O.C8H14O/c2*1-3-5-6-8(4-2)7-9/h7-8H,3-6H2,1-2H3;6-7H,3-5H2,1-2H3. The van der Waals surface area contributed by atoms with Gasteiger partial charge in [0.2, 0.25) is 0 Å². The summed E-state index contributed by atoms with van der Waals surface area (Å²) in [5, 5.41) is 0. The van der Waals surface area contributed by atoms with Crippen molar-refractivity contribution in [2.45, 2.75) is 72.6 Å². The molecular formula is C16H30O2. The van der Waals surface area contributed by atoms with Crippen LogP contribution in [0.25, 0.3) is 0 Å². The van der Waals surface area contributed by atoms with Crippen molar-refractivity contribution >= 4 is 12.6 Å². The predicted octanol–water partition coefficient (Wildman–Crippen LogP) is 4.72. The Morgan fingerprint density at radius 3 is 2.06 bits per heavy atom. The van der Waals surface area contributed by atoms with Crippen molar-refractivity contribution in [3.63, 3.8) is 0 Å². The summed E-state index contributed by atoms with van der Waals surface area (Å²) in [6, 6.07) is 0. The summed E-state index contributed by atoms with van der Waals surface area (Å²) in [6.45, 7) is 8.32. The number of aldehydes is 2. The van der Waals surface area contributed by atoms with E-state index in [4.69, 9.17) is 0 Å². The van der Waals surface area contributed by atoms with Gasteiger partial charge in [-0.25, -0.2) is 0 Å². The molecule has 0 aliphatic carbocycles. The summed E-state index contributed by atoms with van der Waals surface area (Å²) < 4.78 is 0. The van der Waals surface area contributed by atoms with E-state index in [-0.39, 0.29) is 0 Å². The highest BCUT2D eigenvalue weighted by Gasteiger charge is 2.01. The summed E-state index contributed by atoms with van der Waals surface area (Å²) >= 11 is 0. The first-order chi connectivity index (χ1) is 8.69. The Balaban J connectivity index is 0. The van der Waals surface area contributed by atoms with Gasteiger partial charge in [0, 0.05) is 5.92 Å². The molecule has 0 aliphatic rings. The molecule has 1 unspecified atom stereocenters. The lowest BCUT2D eigenvalue weighted by atomic mass is 10.0. The second kappa shape index (κ2) is 16.1. The number of unbranched alkanes of at least 4 members (excludes halogenated alkanes) is 2. The zero-order valence-corrected chi connectivity index (χ0v) is 12.6. The summed E-state index contributed by atoms with van der Waals surface area (Å²) in [7, 11) is 0. The maximum Gasteiger partial charge on any atom is 0.145 e. The molecule has 0 heterocycles. The third-order valence-electron chi connectivity index (χ3n) is 2.90. The van der Waals surface area contributed by atoms with Gasteiger partial charge in [0.05, 0.1) is 0 Å². The minimum absolute atomic E-state index is 0.324. The quantitative estimate of drug-likeness (QED) is 0.440. The number of hydrogen-bond donors (Lipinski definition) is 0. The summed E-state index contributed by atoms with van der Waals surface area (Å²) in [5.74, 6) is 0.324. The van der Waals surface area contributed by atoms with Gasteiger partial charge in [-0.1, -0.05) is 53.0 Å². The maximum absolute atomic E-state index is 10.2. The van der Waals surface area contributed by atoms with E-state index in [1.165, 1.54) is 12.8 Å². The first kappa shape index (κ1) is 19.4. The Kier molecular flexibility index (Phi) is 17.3. The molecule has 0 saturated carbocycles. The van der Waals surface area contributed by atoms with Gasteiger partial charge >= 0.3 is 0 Å². The topological polar surface area (TPSA) is 34.1 Å². The number of carbonyl (C=O) groups is 2. The van der Waals surface area contributed by atoms with Crippen molar-refractivity contribution in [2.24, 2.45) is 5.92 Å². The molecule has 0 aromatic heterocycles. The van der Waals surface area contributed by atoms with Crippen LogP contribution in [0.4, 0.5) is 0 Å². The van der Waals surface area contributed by atoms with Crippen LogP contribution in [0.15, 0.2) is 11.6 Å². The number of rotatable bonds is 9. The van der Waals surface area contributed by atoms with E-state index in [0.717, 1.165) is 50.2 Å². The Hall–Kier alpha value is -0.920. The Morgan fingerprint density at radius 2 is 1.72 bits per heavy atom. The summed E-state index contributed by atoms with van der Waals surface area (Å²) in [4.78, 5) is 20.4. The fourth-order valence-electron chi connectivity index (χ4n) is 1.44. The fourth-order valence-corrected chi connectivity index (χ4v) is 1.44. The average Bonchev–Trinajstić information content (AvgIpc) is 2.42. The molecule has 0 amide bonds. The van der Waals surface area contributed by atoms with Crippen LogP contribution >= 0.6 is 0 Å². The minimum Gasteiger partial charge on any atom is -0.303 e. The molecule has 2 heteroatoms. The molecule has 0 aromatic rings. The molecule has 0 N–H and O–H groups in total. The minimum atomic E-state index is 0.324. The van der Waals surface area contributed by atoms with Crippen LogP contribution in [0.1, 0.15) is 72.6 Å². The largest absolute Gasteiger partial charge is 0.303 e. The molecule has 18 heavy (non-hydrogen) atoms. The van der Waals surface area contributed by atoms with E-state index >= 15 is 0 Å². The van der Waals surface area contributed by atoms with E-state index in [9.17, 15) is 9.59 Å². The van der Waals surface area contributed by atoms with Crippen LogP contribution in [0.2, 0.25) is 0 Å². The Bertz CT molecular complexity index is 219. The van der Waals surface area contributed by atoms with Crippen LogP contribution in [0.5, 0.6) is 0 Å². The highest BCUT2D eigenvalue weighted by atomic mass is 16.1. The highest BCUT2D eigenvalue weighted by Crippen LogP contribution is 2.08. The smallest absolute Gasteiger partial charge is 0.145 e. The van der Waals surface area contributed by atoms with Crippen molar-refractivity contribution < 1.29 is 9.59 Å². The second-order valence-electron chi connectivity index (χ2n) is 4.49. The van der Waals surface area contributed by atoms with Crippen molar-refractivity contribution in [1.29, 1.82) is 0 Å². The van der Waals surface area contributed by atoms with Gasteiger partial charge in [0.1, 0.15) is 12.6 Å². The van der Waals surface area contributed by atoms with Gasteiger partial charge < -0.3 is 4.79 Å². The molecular weight excluding hydrogens is 224 g/mol. The number of hydrogen-bond acceptors (Lipinski definition) is 2. The first-order valence-electron chi connectivity index (χ1n) is 7.29. The maximum atomic E-state index is 10.2. The molecule has 0 aliphatic heterocycles. The highest BCUT2D eigenvalue weighted by molar-refractivity contribution is 5.72. The van der Waals surface area contributed by atoms with E-state index in [1.54, 1.807) is 0 Å². The molecule has 0 rings (SSSR count). The summed E-state index contributed by atoms with van der Waals surface area (Å²) in [5.41, 5.74) is 0.928. The molecule has 0 bridgehead atoms. The lowest BCUT2D eigenvalue weighted by Gasteiger charge is -2.03. The van der Waals surface area contributed by atoms with Gasteiger partial charge in [-0.3, -0.25) is 4.79 Å². The van der Waals surface area contributed by atoms with E-state index in [0.29, 0.717) is 5.92 Å². The lowest BCUT2D eigenvalue weighted by Crippen LogP contribution is -1.98. The normalized spacial score (nSPS) is 12.3. The average molecular weight is 254 g/mol. The van der Waals surface area contributed by atoms with Gasteiger partial charge in [0.15, 0.2) is 0 Å². The van der Waals surface area contributed by atoms with Crippen molar-refractivity contribution in [3.05, 3.63) is 11.6 Å². The zero-order valence-electron chi connectivity index (χ0n) is 12.6. The predicted molar refractivity (Wildman–Crippen MR) is 78.7 cm³/mol. The van der Waals surface area contributed by atoms with Gasteiger partial charge in [-0.05, 0) is 31.3 Å². The molecule has 2 nitrogen and oxygen atoms in total. The molecule has 0 fully saturated rings. The first-order valence-corrected chi connectivity index (χ1v) is 7.29. The van der Waals surface area contributed by atoms with Crippen molar-refractivity contribution in [3.8, 4) is 0 Å². The van der Waals surface area contributed by atoms with Crippen LogP contribution < -0.4 is 0 Å². The molecule has 0 saturated heterocycles. The zero-order chi connectivity index (χ0) is 14.2. The van der Waals surface area contributed by atoms with Crippen LogP contribution in [0.3, 0.4) is 0 Å². The van der Waals surface area contributed by atoms with Crippen LogP contribution in [-0.2, 0) is 9.59 Å². The third kappa shape index (κ3) is 13.1.